The van der Waals surface area contributed by atoms with E-state index in [1.165, 1.54) is 30.3 Å². The maximum Gasteiger partial charge on any atom is 0.296 e. The molecule has 4 aromatic carbocycles. The predicted octanol–water partition coefficient (Wildman–Crippen LogP) is 4.37. The van der Waals surface area contributed by atoms with Gasteiger partial charge in [-0.1, -0.05) is 42.5 Å². The number of nitro groups is 1. The van der Waals surface area contributed by atoms with Crippen molar-refractivity contribution in [2.24, 2.45) is 10.2 Å². The summed E-state index contributed by atoms with van der Waals surface area (Å²) >= 11 is 0. The maximum absolute atomic E-state index is 12.8. The van der Waals surface area contributed by atoms with Gasteiger partial charge in [-0.05, 0) is 23.6 Å². The average molecular weight is 587 g/mol. The molecule has 0 aromatic heterocycles. The van der Waals surface area contributed by atoms with Crippen molar-refractivity contribution in [3.05, 3.63) is 88.0 Å². The molecule has 0 atom stereocenters. The zero-order chi connectivity index (χ0) is 29.4. The number of aromatic hydroxyl groups is 1. The van der Waals surface area contributed by atoms with Crippen molar-refractivity contribution in [3.63, 3.8) is 0 Å². The van der Waals surface area contributed by atoms with E-state index < -0.39 is 75.5 Å². The van der Waals surface area contributed by atoms with Crippen molar-refractivity contribution in [3.8, 4) is 5.75 Å². The van der Waals surface area contributed by atoms with E-state index >= 15 is 0 Å². The molecule has 0 saturated carbocycles. The van der Waals surface area contributed by atoms with Gasteiger partial charge in [0.25, 0.3) is 25.9 Å². The SMILES string of the molecule is Nc1c(N=Nc2ccccc2[N+](=O)[O-])c(S(=O)(=O)O)cc2cc(S(=O)(=O)O)c(CC(=O)c3ccccc3)c(O)c12. The quantitative estimate of drug-likeness (QED) is 0.0564. The zero-order valence-electron chi connectivity index (χ0n) is 20.0. The molecule has 0 saturated heterocycles. The van der Waals surface area contributed by atoms with Gasteiger partial charge in [-0.2, -0.15) is 16.8 Å². The van der Waals surface area contributed by atoms with E-state index in [0.29, 0.717) is 6.07 Å². The molecule has 16 heteroatoms. The highest BCUT2D eigenvalue weighted by molar-refractivity contribution is 7.86. The fraction of sp³-hybridized carbons (Fsp3) is 0.0417. The first kappa shape index (κ1) is 28.2. The lowest BCUT2D eigenvalue weighted by Gasteiger charge is -2.16. The third-order valence-corrected chi connectivity index (χ3v) is 7.55. The van der Waals surface area contributed by atoms with E-state index in [2.05, 4.69) is 10.2 Å². The molecule has 0 heterocycles. The number of ketones is 1. The summed E-state index contributed by atoms with van der Waals surface area (Å²) in [5.74, 6) is -1.53. The van der Waals surface area contributed by atoms with Gasteiger partial charge in [0.15, 0.2) is 11.5 Å². The van der Waals surface area contributed by atoms with E-state index in [1.807, 2.05) is 0 Å². The fourth-order valence-corrected chi connectivity index (χ4v) is 5.38. The van der Waals surface area contributed by atoms with Crippen molar-refractivity contribution in [2.45, 2.75) is 16.2 Å². The number of carbonyl (C=O) groups excluding carboxylic acids is 1. The van der Waals surface area contributed by atoms with Crippen LogP contribution < -0.4 is 5.73 Å². The van der Waals surface area contributed by atoms with Gasteiger partial charge in [0, 0.05) is 29.0 Å². The van der Waals surface area contributed by atoms with Gasteiger partial charge < -0.3 is 10.8 Å². The first-order valence-electron chi connectivity index (χ1n) is 11.0. The van der Waals surface area contributed by atoms with E-state index in [0.717, 1.165) is 12.1 Å². The van der Waals surface area contributed by atoms with Crippen molar-refractivity contribution >= 4 is 59.5 Å². The number of nitrogen functional groups attached to an aromatic ring is 1. The minimum atomic E-state index is -5.12. The number of benzene rings is 4. The Morgan fingerprint density at radius 2 is 1.48 bits per heavy atom. The third kappa shape index (κ3) is 5.50. The van der Waals surface area contributed by atoms with Gasteiger partial charge in [-0.3, -0.25) is 24.0 Å². The number of nitro benzene ring substituents is 1. The number of nitrogens with zero attached hydrogens (tertiary/aromatic N) is 3. The molecule has 14 nitrogen and oxygen atoms in total. The normalized spacial score (nSPS) is 12.2. The van der Waals surface area contributed by atoms with Crippen LogP contribution in [0.2, 0.25) is 0 Å². The van der Waals surface area contributed by atoms with Crippen LogP contribution in [-0.2, 0) is 26.7 Å². The van der Waals surface area contributed by atoms with Gasteiger partial charge >= 0.3 is 0 Å². The van der Waals surface area contributed by atoms with Gasteiger partial charge in [0.05, 0.1) is 10.6 Å². The summed E-state index contributed by atoms with van der Waals surface area (Å²) in [4.78, 5) is 21.5. The second-order valence-electron chi connectivity index (χ2n) is 8.30. The van der Waals surface area contributed by atoms with Gasteiger partial charge in [0.1, 0.15) is 21.2 Å². The minimum Gasteiger partial charge on any atom is -0.507 e. The number of hydrogen-bond acceptors (Lipinski definition) is 11. The summed E-state index contributed by atoms with van der Waals surface area (Å²) < 4.78 is 68.4. The first-order chi connectivity index (χ1) is 18.7. The molecule has 0 aliphatic rings. The monoisotopic (exact) mass is 586 g/mol. The lowest BCUT2D eigenvalue weighted by atomic mass is 9.97. The molecule has 0 aliphatic carbocycles. The number of azo groups is 1. The van der Waals surface area contributed by atoms with Crippen LogP contribution >= 0.6 is 0 Å². The van der Waals surface area contributed by atoms with E-state index in [4.69, 9.17) is 5.73 Å². The van der Waals surface area contributed by atoms with Crippen LogP contribution in [0.3, 0.4) is 0 Å². The molecule has 0 aliphatic heterocycles. The van der Waals surface area contributed by atoms with Crippen LogP contribution in [0.5, 0.6) is 5.75 Å². The Balaban J connectivity index is 2.02. The smallest absolute Gasteiger partial charge is 0.296 e. The maximum atomic E-state index is 12.8. The number of fused-ring (bicyclic) bond motifs is 1. The van der Waals surface area contributed by atoms with E-state index in [9.17, 15) is 46.0 Å². The number of para-hydroxylation sites is 1. The van der Waals surface area contributed by atoms with Crippen LogP contribution in [0.25, 0.3) is 10.8 Å². The van der Waals surface area contributed by atoms with Crippen molar-refractivity contribution in [1.29, 1.82) is 0 Å². The first-order valence-corrected chi connectivity index (χ1v) is 13.9. The number of rotatable bonds is 8. The minimum absolute atomic E-state index is 0.164. The fourth-order valence-electron chi connectivity index (χ4n) is 3.96. The molecule has 4 aromatic rings. The number of nitrogens with two attached hydrogens (primary N) is 1. The Bertz CT molecular complexity index is 1940. The van der Waals surface area contributed by atoms with Crippen LogP contribution in [-0.4, -0.2) is 41.8 Å². The molecular formula is C24H18N4O10S2. The number of hydrogen-bond donors (Lipinski definition) is 4. The van der Waals surface area contributed by atoms with Gasteiger partial charge in [-0.25, -0.2) is 0 Å². The Hall–Kier alpha value is -4.77. The highest BCUT2D eigenvalue weighted by atomic mass is 32.2. The van der Waals surface area contributed by atoms with Crippen LogP contribution in [0.4, 0.5) is 22.7 Å². The van der Waals surface area contributed by atoms with E-state index in [1.54, 1.807) is 18.2 Å². The van der Waals surface area contributed by atoms with Gasteiger partial charge in [-0.15, -0.1) is 10.2 Å². The zero-order valence-corrected chi connectivity index (χ0v) is 21.6. The van der Waals surface area contributed by atoms with Crippen LogP contribution in [0, 0.1) is 10.1 Å². The lowest BCUT2D eigenvalue weighted by Crippen LogP contribution is -2.10. The Labute approximate surface area is 226 Å². The molecule has 0 radical (unpaired) electrons. The van der Waals surface area contributed by atoms with Crippen molar-refractivity contribution in [1.82, 2.24) is 0 Å². The number of Topliss-reactive ketones (excluding diaryl/α,β-unsaturated/α-hetero) is 1. The molecular weight excluding hydrogens is 568 g/mol. The number of phenols is 1. The van der Waals surface area contributed by atoms with Crippen molar-refractivity contribution < 1.29 is 40.8 Å². The third-order valence-electron chi connectivity index (χ3n) is 5.76. The Morgan fingerprint density at radius 1 is 0.900 bits per heavy atom. The standard InChI is InChI=1S/C24H18N4O10S2/c25-22-21-14(10-19(39(33,34)35)15(24(21)30)12-18(29)13-6-2-1-3-7-13)11-20(40(36,37)38)23(22)27-26-16-8-4-5-9-17(16)28(31)32/h1-11,30H,12,25H2,(H,33,34,35)(H,36,37,38). The summed E-state index contributed by atoms with van der Waals surface area (Å²) in [6, 6.07) is 14.2. The summed E-state index contributed by atoms with van der Waals surface area (Å²) in [6.07, 6.45) is -0.715. The van der Waals surface area contributed by atoms with Crippen molar-refractivity contribution in [2.75, 3.05) is 5.73 Å². The lowest BCUT2D eigenvalue weighted by molar-refractivity contribution is -0.384. The number of carbonyl (C=O) groups is 1. The number of anilines is 1. The summed E-state index contributed by atoms with van der Waals surface area (Å²) in [7, 11) is -10.2. The number of phenolic OH excluding ortho intramolecular Hbond substituents is 1. The molecule has 0 amide bonds. The van der Waals surface area contributed by atoms with Gasteiger partial charge in [0.2, 0.25) is 0 Å². The van der Waals surface area contributed by atoms with E-state index in [-0.39, 0.29) is 22.0 Å². The highest BCUT2D eigenvalue weighted by Crippen LogP contribution is 2.45. The van der Waals surface area contributed by atoms with Crippen LogP contribution in [0.1, 0.15) is 15.9 Å². The molecule has 206 valence electrons. The van der Waals surface area contributed by atoms with Crippen LogP contribution in [0.15, 0.2) is 86.7 Å². The second-order valence-corrected chi connectivity index (χ2v) is 11.1. The summed E-state index contributed by atoms with van der Waals surface area (Å²) in [5, 5.41) is 29.1. The molecule has 0 fully saturated rings. The topological polar surface area (TPSA) is 240 Å². The molecule has 0 unspecified atom stereocenters. The second kappa shape index (κ2) is 10.4. The molecule has 0 bridgehead atoms. The Kier molecular flexibility index (Phi) is 7.36. The molecule has 5 N–H and O–H groups in total. The molecule has 40 heavy (non-hydrogen) atoms. The Morgan fingerprint density at radius 3 is 2.08 bits per heavy atom. The highest BCUT2D eigenvalue weighted by Gasteiger charge is 2.28. The summed E-state index contributed by atoms with van der Waals surface area (Å²) in [6.45, 7) is 0. The molecule has 0 spiro atoms. The summed E-state index contributed by atoms with van der Waals surface area (Å²) in [5.41, 5.74) is 3.61. The molecule has 4 rings (SSSR count). The average Bonchev–Trinajstić information content (AvgIpc) is 2.88. The largest absolute Gasteiger partial charge is 0.507 e. The predicted molar refractivity (Wildman–Crippen MR) is 141 cm³/mol.